The number of rotatable bonds is 6. The van der Waals surface area contributed by atoms with E-state index in [9.17, 15) is 15.2 Å². The number of hydrogen-bond donors (Lipinski definition) is 2. The van der Waals surface area contributed by atoms with Gasteiger partial charge >= 0.3 is 0 Å². The molecule has 100 valence electrons. The summed E-state index contributed by atoms with van der Waals surface area (Å²) in [6.07, 6.45) is 0.313. The van der Waals surface area contributed by atoms with E-state index in [4.69, 9.17) is 0 Å². The normalized spacial score (nSPS) is 14.2. The lowest BCUT2D eigenvalue weighted by Gasteiger charge is -2.15. The highest BCUT2D eigenvalue weighted by Gasteiger charge is 2.11. The predicted molar refractivity (Wildman–Crippen MR) is 70.4 cm³/mol. The van der Waals surface area contributed by atoms with E-state index < -0.39 is 0 Å². The molecular weight excluding hydrogens is 232 g/mol. The highest BCUT2D eigenvalue weighted by Crippen LogP contribution is 2.19. The summed E-state index contributed by atoms with van der Waals surface area (Å²) in [6, 6.07) is 5.40. The molecule has 0 radical (unpaired) electrons. The number of benzene rings is 1. The van der Waals surface area contributed by atoms with Crippen LogP contribution in [0.25, 0.3) is 0 Å². The van der Waals surface area contributed by atoms with Crippen molar-refractivity contribution in [3.05, 3.63) is 39.4 Å². The van der Waals surface area contributed by atoms with Gasteiger partial charge in [-0.05, 0) is 32.8 Å². The van der Waals surface area contributed by atoms with Crippen LogP contribution in [0.4, 0.5) is 5.69 Å². The standard InChI is InChI=1S/C13H20N2O3/c1-9-4-5-12(7-13(9)15(17)18)8-14-10(2)6-11(3)16/h4-5,7,10-11,14,16H,6,8H2,1-3H3/t10-,11+/m1/s1. The number of aryl methyl sites for hydroxylation is 1. The number of nitro benzene ring substituents is 1. The van der Waals surface area contributed by atoms with Gasteiger partial charge in [-0.25, -0.2) is 0 Å². The highest BCUT2D eigenvalue weighted by molar-refractivity contribution is 5.42. The lowest BCUT2D eigenvalue weighted by molar-refractivity contribution is -0.385. The van der Waals surface area contributed by atoms with Gasteiger partial charge in [0, 0.05) is 24.2 Å². The Hall–Kier alpha value is -1.46. The van der Waals surface area contributed by atoms with E-state index in [1.807, 2.05) is 13.0 Å². The maximum absolute atomic E-state index is 10.8. The molecule has 0 aliphatic carbocycles. The van der Waals surface area contributed by atoms with Crippen molar-refractivity contribution in [1.29, 1.82) is 0 Å². The van der Waals surface area contributed by atoms with E-state index in [0.717, 1.165) is 5.56 Å². The van der Waals surface area contributed by atoms with Crippen LogP contribution in [0.5, 0.6) is 0 Å². The largest absolute Gasteiger partial charge is 0.393 e. The molecule has 0 amide bonds. The summed E-state index contributed by atoms with van der Waals surface area (Å²) < 4.78 is 0. The average molecular weight is 252 g/mol. The Bertz CT molecular complexity index is 419. The van der Waals surface area contributed by atoms with Crippen molar-refractivity contribution >= 4 is 5.69 Å². The first-order chi connectivity index (χ1) is 8.40. The van der Waals surface area contributed by atoms with Crippen molar-refractivity contribution < 1.29 is 10.0 Å². The van der Waals surface area contributed by atoms with E-state index in [2.05, 4.69) is 5.32 Å². The smallest absolute Gasteiger partial charge is 0.272 e. The Kier molecular flexibility index (Phi) is 5.25. The summed E-state index contributed by atoms with van der Waals surface area (Å²) in [5.41, 5.74) is 1.70. The van der Waals surface area contributed by atoms with Gasteiger partial charge in [0.15, 0.2) is 0 Å². The second-order valence-corrected chi connectivity index (χ2v) is 4.74. The van der Waals surface area contributed by atoms with E-state index in [0.29, 0.717) is 18.5 Å². The fourth-order valence-corrected chi connectivity index (χ4v) is 1.85. The van der Waals surface area contributed by atoms with Gasteiger partial charge in [0.1, 0.15) is 0 Å². The maximum Gasteiger partial charge on any atom is 0.272 e. The lowest BCUT2D eigenvalue weighted by Crippen LogP contribution is -2.28. The van der Waals surface area contributed by atoms with Gasteiger partial charge in [-0.1, -0.05) is 12.1 Å². The topological polar surface area (TPSA) is 75.4 Å². The Balaban J connectivity index is 2.63. The van der Waals surface area contributed by atoms with Crippen molar-refractivity contribution in [3.63, 3.8) is 0 Å². The predicted octanol–water partition coefficient (Wildman–Crippen LogP) is 2.15. The molecule has 1 aromatic rings. The summed E-state index contributed by atoms with van der Waals surface area (Å²) in [5.74, 6) is 0. The third-order valence-electron chi connectivity index (χ3n) is 2.82. The lowest BCUT2D eigenvalue weighted by atomic mass is 10.1. The van der Waals surface area contributed by atoms with E-state index in [-0.39, 0.29) is 22.8 Å². The van der Waals surface area contributed by atoms with E-state index in [1.54, 1.807) is 26.0 Å². The molecular formula is C13H20N2O3. The molecule has 0 aliphatic heterocycles. The highest BCUT2D eigenvalue weighted by atomic mass is 16.6. The Labute approximate surface area is 107 Å². The number of nitrogens with zero attached hydrogens (tertiary/aromatic N) is 1. The zero-order valence-corrected chi connectivity index (χ0v) is 11.0. The number of hydrogen-bond acceptors (Lipinski definition) is 4. The molecule has 5 nitrogen and oxygen atoms in total. The SMILES string of the molecule is Cc1ccc(CN[C@H](C)C[C@H](C)O)cc1[N+](=O)[O-]. The summed E-state index contributed by atoms with van der Waals surface area (Å²) in [6.45, 7) is 6.02. The zero-order valence-electron chi connectivity index (χ0n) is 11.0. The van der Waals surface area contributed by atoms with Crippen molar-refractivity contribution in [2.24, 2.45) is 0 Å². The number of nitro groups is 1. The van der Waals surface area contributed by atoms with Gasteiger partial charge in [-0.3, -0.25) is 10.1 Å². The van der Waals surface area contributed by atoms with Crippen molar-refractivity contribution in [3.8, 4) is 0 Å². The van der Waals surface area contributed by atoms with Crippen LogP contribution in [-0.4, -0.2) is 22.2 Å². The maximum atomic E-state index is 10.8. The second kappa shape index (κ2) is 6.47. The number of aliphatic hydroxyl groups is 1. The van der Waals surface area contributed by atoms with Gasteiger partial charge in [0.2, 0.25) is 0 Å². The van der Waals surface area contributed by atoms with E-state index >= 15 is 0 Å². The molecule has 0 bridgehead atoms. The third kappa shape index (κ3) is 4.43. The zero-order chi connectivity index (χ0) is 13.7. The van der Waals surface area contributed by atoms with Crippen LogP contribution in [-0.2, 0) is 6.54 Å². The van der Waals surface area contributed by atoms with Crippen LogP contribution < -0.4 is 5.32 Å². The number of nitrogens with one attached hydrogen (secondary N) is 1. The Morgan fingerprint density at radius 3 is 2.67 bits per heavy atom. The molecule has 0 saturated carbocycles. The van der Waals surface area contributed by atoms with Gasteiger partial charge in [0.25, 0.3) is 5.69 Å². The van der Waals surface area contributed by atoms with Crippen molar-refractivity contribution in [1.82, 2.24) is 5.32 Å². The van der Waals surface area contributed by atoms with Gasteiger partial charge in [0.05, 0.1) is 11.0 Å². The quantitative estimate of drug-likeness (QED) is 0.601. The van der Waals surface area contributed by atoms with Crippen molar-refractivity contribution in [2.75, 3.05) is 0 Å². The summed E-state index contributed by atoms with van der Waals surface area (Å²) in [4.78, 5) is 10.4. The minimum Gasteiger partial charge on any atom is -0.393 e. The molecule has 0 spiro atoms. The minimum absolute atomic E-state index is 0.150. The van der Waals surface area contributed by atoms with Crippen LogP contribution in [0.3, 0.4) is 0 Å². The molecule has 0 fully saturated rings. The molecule has 5 heteroatoms. The summed E-state index contributed by atoms with van der Waals surface area (Å²) in [5, 5.41) is 23.3. The van der Waals surface area contributed by atoms with Gasteiger partial charge in [-0.2, -0.15) is 0 Å². The van der Waals surface area contributed by atoms with Gasteiger partial charge in [-0.15, -0.1) is 0 Å². The fraction of sp³-hybridized carbons (Fsp3) is 0.538. The number of aliphatic hydroxyl groups excluding tert-OH is 1. The Morgan fingerprint density at radius 1 is 1.44 bits per heavy atom. The first kappa shape index (κ1) is 14.6. The van der Waals surface area contributed by atoms with E-state index in [1.165, 1.54) is 0 Å². The molecule has 2 N–H and O–H groups in total. The van der Waals surface area contributed by atoms with Crippen LogP contribution in [0, 0.1) is 17.0 Å². The molecule has 0 saturated heterocycles. The minimum atomic E-state index is -0.363. The molecule has 1 aromatic carbocycles. The first-order valence-electron chi connectivity index (χ1n) is 6.05. The Morgan fingerprint density at radius 2 is 2.11 bits per heavy atom. The molecule has 0 aromatic heterocycles. The van der Waals surface area contributed by atoms with Crippen LogP contribution in [0.15, 0.2) is 18.2 Å². The molecule has 0 heterocycles. The molecule has 18 heavy (non-hydrogen) atoms. The molecule has 0 aliphatic rings. The van der Waals surface area contributed by atoms with Crippen molar-refractivity contribution in [2.45, 2.75) is 45.9 Å². The average Bonchev–Trinajstić information content (AvgIpc) is 2.26. The molecule has 1 rings (SSSR count). The second-order valence-electron chi connectivity index (χ2n) is 4.74. The van der Waals surface area contributed by atoms with Crippen LogP contribution in [0.2, 0.25) is 0 Å². The molecule has 0 unspecified atom stereocenters. The van der Waals surface area contributed by atoms with Gasteiger partial charge < -0.3 is 10.4 Å². The van der Waals surface area contributed by atoms with Crippen LogP contribution >= 0.6 is 0 Å². The molecule has 2 atom stereocenters. The monoisotopic (exact) mass is 252 g/mol. The summed E-state index contributed by atoms with van der Waals surface area (Å²) >= 11 is 0. The first-order valence-corrected chi connectivity index (χ1v) is 6.05. The third-order valence-corrected chi connectivity index (χ3v) is 2.82. The summed E-state index contributed by atoms with van der Waals surface area (Å²) in [7, 11) is 0. The fourth-order valence-electron chi connectivity index (χ4n) is 1.85. The van der Waals surface area contributed by atoms with Crippen LogP contribution in [0.1, 0.15) is 31.4 Å².